The van der Waals surface area contributed by atoms with E-state index in [9.17, 15) is 0 Å². The van der Waals surface area contributed by atoms with E-state index >= 15 is 0 Å². The highest BCUT2D eigenvalue weighted by molar-refractivity contribution is 6.28. The summed E-state index contributed by atoms with van der Waals surface area (Å²) in [7, 11) is 3.80. The Kier molecular flexibility index (Phi) is 3.61. The van der Waals surface area contributed by atoms with Crippen LogP contribution in [0, 0.1) is 5.41 Å². The van der Waals surface area contributed by atoms with Gasteiger partial charge in [-0.1, -0.05) is 13.8 Å². The molecule has 0 bridgehead atoms. The van der Waals surface area contributed by atoms with E-state index in [1.807, 2.05) is 19.0 Å². The number of rotatable bonds is 2. The highest BCUT2D eigenvalue weighted by atomic mass is 35.5. The molecule has 0 amide bonds. The average Bonchev–Trinajstić information content (AvgIpc) is 2.28. The topological polar surface area (TPSA) is 45.2 Å². The van der Waals surface area contributed by atoms with E-state index in [1.54, 1.807) is 0 Å². The van der Waals surface area contributed by atoms with Crippen LogP contribution in [0.15, 0.2) is 0 Å². The molecule has 1 aromatic heterocycles. The minimum Gasteiger partial charge on any atom is -0.347 e. The maximum Gasteiger partial charge on any atom is 0.231 e. The average molecular weight is 270 g/mol. The van der Waals surface area contributed by atoms with Crippen LogP contribution in [0.1, 0.15) is 26.7 Å². The molecule has 2 rings (SSSR count). The molecule has 0 atom stereocenters. The lowest BCUT2D eigenvalue weighted by Gasteiger charge is -2.36. The van der Waals surface area contributed by atoms with E-state index in [-0.39, 0.29) is 5.28 Å². The molecule has 100 valence electrons. The molecule has 0 unspecified atom stereocenters. The van der Waals surface area contributed by atoms with Crippen LogP contribution in [-0.4, -0.2) is 42.1 Å². The minimum absolute atomic E-state index is 0.258. The number of nitrogens with zero attached hydrogens (tertiary/aromatic N) is 5. The number of aromatic nitrogens is 3. The van der Waals surface area contributed by atoms with Crippen LogP contribution in [0.4, 0.5) is 11.9 Å². The molecule has 1 aliphatic heterocycles. The number of piperidine rings is 1. The first-order valence-electron chi connectivity index (χ1n) is 6.21. The summed E-state index contributed by atoms with van der Waals surface area (Å²) in [5, 5.41) is 0.258. The summed E-state index contributed by atoms with van der Waals surface area (Å²) in [6.45, 7) is 6.55. The second-order valence-electron chi connectivity index (χ2n) is 5.75. The Bertz CT molecular complexity index is 422. The standard InChI is InChI=1S/C12H20ClN5/c1-12(2)5-7-18(8-6-12)11-15-9(13)14-10(16-11)17(3)4/h5-8H2,1-4H3. The van der Waals surface area contributed by atoms with Crippen LogP contribution in [0.3, 0.4) is 0 Å². The number of hydrogen-bond acceptors (Lipinski definition) is 5. The smallest absolute Gasteiger partial charge is 0.231 e. The molecule has 0 saturated carbocycles. The van der Waals surface area contributed by atoms with E-state index in [0.717, 1.165) is 25.9 Å². The van der Waals surface area contributed by atoms with Crippen molar-refractivity contribution >= 4 is 23.5 Å². The summed E-state index contributed by atoms with van der Waals surface area (Å²) in [6.07, 6.45) is 2.29. The van der Waals surface area contributed by atoms with Crippen LogP contribution in [0.2, 0.25) is 5.28 Å². The fourth-order valence-electron chi connectivity index (χ4n) is 1.98. The van der Waals surface area contributed by atoms with Gasteiger partial charge < -0.3 is 9.80 Å². The molecule has 6 heteroatoms. The van der Waals surface area contributed by atoms with Crippen molar-refractivity contribution in [1.82, 2.24) is 15.0 Å². The van der Waals surface area contributed by atoms with Crippen molar-refractivity contribution in [3.63, 3.8) is 0 Å². The van der Waals surface area contributed by atoms with Crippen molar-refractivity contribution in [2.75, 3.05) is 37.0 Å². The Morgan fingerprint density at radius 1 is 1.11 bits per heavy atom. The van der Waals surface area contributed by atoms with Gasteiger partial charge in [0, 0.05) is 27.2 Å². The summed E-state index contributed by atoms with van der Waals surface area (Å²) in [4.78, 5) is 16.8. The van der Waals surface area contributed by atoms with Crippen molar-refractivity contribution in [2.45, 2.75) is 26.7 Å². The van der Waals surface area contributed by atoms with Crippen molar-refractivity contribution in [2.24, 2.45) is 5.41 Å². The van der Waals surface area contributed by atoms with Gasteiger partial charge >= 0.3 is 0 Å². The van der Waals surface area contributed by atoms with E-state index in [1.165, 1.54) is 0 Å². The lowest BCUT2D eigenvalue weighted by Crippen LogP contribution is -2.38. The zero-order chi connectivity index (χ0) is 13.3. The molecular formula is C12H20ClN5. The monoisotopic (exact) mass is 269 g/mol. The summed E-state index contributed by atoms with van der Waals surface area (Å²) in [6, 6.07) is 0. The van der Waals surface area contributed by atoms with Gasteiger partial charge in [0.25, 0.3) is 0 Å². The van der Waals surface area contributed by atoms with Crippen molar-refractivity contribution in [3.05, 3.63) is 5.28 Å². The molecule has 0 radical (unpaired) electrons. The van der Waals surface area contributed by atoms with Gasteiger partial charge in [-0.05, 0) is 29.9 Å². The fourth-order valence-corrected chi connectivity index (χ4v) is 2.13. The Morgan fingerprint density at radius 3 is 2.28 bits per heavy atom. The Morgan fingerprint density at radius 2 is 1.72 bits per heavy atom. The second-order valence-corrected chi connectivity index (χ2v) is 6.09. The predicted molar refractivity (Wildman–Crippen MR) is 74.4 cm³/mol. The second kappa shape index (κ2) is 4.88. The summed E-state index contributed by atoms with van der Waals surface area (Å²) in [5.41, 5.74) is 0.414. The molecular weight excluding hydrogens is 250 g/mol. The molecule has 1 saturated heterocycles. The van der Waals surface area contributed by atoms with Gasteiger partial charge in [0.2, 0.25) is 17.2 Å². The van der Waals surface area contributed by atoms with Crippen LogP contribution in [0.25, 0.3) is 0 Å². The molecule has 18 heavy (non-hydrogen) atoms. The summed E-state index contributed by atoms with van der Waals surface area (Å²) in [5.74, 6) is 1.30. The van der Waals surface area contributed by atoms with Gasteiger partial charge in [0.1, 0.15) is 0 Å². The van der Waals surface area contributed by atoms with Crippen LogP contribution < -0.4 is 9.80 Å². The van der Waals surface area contributed by atoms with Crippen LogP contribution >= 0.6 is 11.6 Å². The number of anilines is 2. The first-order valence-corrected chi connectivity index (χ1v) is 6.59. The third-order valence-electron chi connectivity index (χ3n) is 3.38. The minimum atomic E-state index is 0.258. The first kappa shape index (κ1) is 13.3. The molecule has 0 aromatic carbocycles. The summed E-state index contributed by atoms with van der Waals surface area (Å²) >= 11 is 5.95. The highest BCUT2D eigenvalue weighted by Crippen LogP contribution is 2.31. The zero-order valence-corrected chi connectivity index (χ0v) is 12.2. The largest absolute Gasteiger partial charge is 0.347 e. The highest BCUT2D eigenvalue weighted by Gasteiger charge is 2.27. The van der Waals surface area contributed by atoms with Crippen LogP contribution in [-0.2, 0) is 0 Å². The molecule has 5 nitrogen and oxygen atoms in total. The Balaban J connectivity index is 2.19. The summed E-state index contributed by atoms with van der Waals surface area (Å²) < 4.78 is 0. The molecule has 1 fully saturated rings. The predicted octanol–water partition coefficient (Wildman–Crippen LogP) is 2.22. The third kappa shape index (κ3) is 3.02. The van der Waals surface area contributed by atoms with Crippen molar-refractivity contribution < 1.29 is 0 Å². The quantitative estimate of drug-likeness (QED) is 0.824. The first-order chi connectivity index (χ1) is 8.37. The Hall–Kier alpha value is -1.10. The molecule has 0 aliphatic carbocycles. The lowest BCUT2D eigenvalue weighted by atomic mass is 9.83. The van der Waals surface area contributed by atoms with Gasteiger partial charge in [0.15, 0.2) is 0 Å². The van der Waals surface area contributed by atoms with Gasteiger partial charge in [-0.3, -0.25) is 0 Å². The van der Waals surface area contributed by atoms with Gasteiger partial charge in [0.05, 0.1) is 0 Å². The normalized spacial score (nSPS) is 18.8. The van der Waals surface area contributed by atoms with Crippen molar-refractivity contribution in [1.29, 1.82) is 0 Å². The van der Waals surface area contributed by atoms with Crippen LogP contribution in [0.5, 0.6) is 0 Å². The Labute approximate surface area is 113 Å². The van der Waals surface area contributed by atoms with Gasteiger partial charge in [-0.25, -0.2) is 0 Å². The van der Waals surface area contributed by atoms with Gasteiger partial charge in [-0.15, -0.1) is 0 Å². The molecule has 1 aromatic rings. The molecule has 1 aliphatic rings. The molecule has 2 heterocycles. The van der Waals surface area contributed by atoms with Gasteiger partial charge in [-0.2, -0.15) is 15.0 Å². The third-order valence-corrected chi connectivity index (χ3v) is 3.55. The molecule has 0 spiro atoms. The van der Waals surface area contributed by atoms with E-state index in [2.05, 4.69) is 33.7 Å². The lowest BCUT2D eigenvalue weighted by molar-refractivity contribution is 0.278. The number of hydrogen-bond donors (Lipinski definition) is 0. The maximum atomic E-state index is 5.95. The SMILES string of the molecule is CN(C)c1nc(Cl)nc(N2CCC(C)(C)CC2)n1. The van der Waals surface area contributed by atoms with Crippen molar-refractivity contribution in [3.8, 4) is 0 Å². The maximum absolute atomic E-state index is 5.95. The van der Waals surface area contributed by atoms with E-state index < -0.39 is 0 Å². The fraction of sp³-hybridized carbons (Fsp3) is 0.750. The van der Waals surface area contributed by atoms with E-state index in [4.69, 9.17) is 11.6 Å². The zero-order valence-electron chi connectivity index (χ0n) is 11.4. The van der Waals surface area contributed by atoms with E-state index in [0.29, 0.717) is 17.3 Å². The number of halogens is 1. The molecule has 0 N–H and O–H groups in total.